The molecule has 1 aliphatic rings. The number of imidazole rings is 1. The fourth-order valence-corrected chi connectivity index (χ4v) is 2.97. The van der Waals surface area contributed by atoms with Crippen molar-refractivity contribution in [1.82, 2.24) is 14.3 Å². The van der Waals surface area contributed by atoms with E-state index in [0.29, 0.717) is 0 Å². The number of pyridine rings is 1. The first-order chi connectivity index (χ1) is 8.81. The Balaban J connectivity index is 1.77. The topological polar surface area (TPSA) is 20.5 Å². The van der Waals surface area contributed by atoms with E-state index in [1.807, 2.05) is 6.07 Å². The fourth-order valence-electron chi connectivity index (χ4n) is 2.62. The molecule has 0 amide bonds. The Morgan fingerprint density at radius 1 is 1.06 bits per heavy atom. The average Bonchev–Trinajstić information content (AvgIpc) is 2.57. The Morgan fingerprint density at radius 2 is 1.83 bits per heavy atom. The van der Waals surface area contributed by atoms with E-state index in [0.717, 1.165) is 16.7 Å². The quantitative estimate of drug-likeness (QED) is 0.847. The second kappa shape index (κ2) is 5.41. The monoisotopic (exact) mass is 307 g/mol. The molecule has 0 saturated carbocycles. The van der Waals surface area contributed by atoms with Gasteiger partial charge in [0.25, 0.3) is 0 Å². The van der Waals surface area contributed by atoms with E-state index in [9.17, 15) is 0 Å². The number of likely N-dealkylation sites (tertiary alicyclic amines) is 1. The lowest BCUT2D eigenvalue weighted by molar-refractivity contribution is 0.274. The molecule has 0 spiro atoms. The summed E-state index contributed by atoms with van der Waals surface area (Å²) < 4.78 is 3.19. The first-order valence-electron chi connectivity index (χ1n) is 6.67. The third-order valence-corrected chi connectivity index (χ3v) is 4.02. The van der Waals surface area contributed by atoms with Crippen molar-refractivity contribution in [2.45, 2.75) is 32.2 Å². The number of halogens is 1. The maximum atomic E-state index is 4.68. The van der Waals surface area contributed by atoms with Gasteiger partial charge >= 0.3 is 0 Å². The van der Waals surface area contributed by atoms with Crippen LogP contribution in [0.3, 0.4) is 0 Å². The molecule has 3 nitrogen and oxygen atoms in total. The van der Waals surface area contributed by atoms with Crippen LogP contribution in [0, 0.1) is 0 Å². The summed E-state index contributed by atoms with van der Waals surface area (Å²) in [4.78, 5) is 7.21. The molecule has 0 bridgehead atoms. The molecule has 4 heteroatoms. The first-order valence-corrected chi connectivity index (χ1v) is 7.46. The zero-order chi connectivity index (χ0) is 12.4. The van der Waals surface area contributed by atoms with Crippen molar-refractivity contribution < 1.29 is 0 Å². The van der Waals surface area contributed by atoms with Gasteiger partial charge < -0.3 is 4.40 Å². The molecule has 0 aliphatic carbocycles. The van der Waals surface area contributed by atoms with Crippen LogP contribution in [0.2, 0.25) is 0 Å². The molecule has 3 heterocycles. The Labute approximate surface area is 116 Å². The van der Waals surface area contributed by atoms with Crippen LogP contribution in [0.1, 0.15) is 31.4 Å². The number of hydrogen-bond acceptors (Lipinski definition) is 2. The first kappa shape index (κ1) is 12.2. The largest absolute Gasteiger partial charge is 0.306 e. The van der Waals surface area contributed by atoms with Crippen LogP contribution in [-0.4, -0.2) is 27.4 Å². The smallest absolute Gasteiger partial charge is 0.137 e. The molecular weight excluding hydrogens is 290 g/mol. The van der Waals surface area contributed by atoms with Crippen LogP contribution in [0.4, 0.5) is 0 Å². The zero-order valence-corrected chi connectivity index (χ0v) is 12.1. The SMILES string of the molecule is Brc1ccc2nc(CN3CCCCCC3)cn2c1. The molecule has 1 fully saturated rings. The molecule has 1 saturated heterocycles. The van der Waals surface area contributed by atoms with Crippen molar-refractivity contribution in [3.8, 4) is 0 Å². The van der Waals surface area contributed by atoms with Crippen LogP contribution in [0.25, 0.3) is 5.65 Å². The van der Waals surface area contributed by atoms with Gasteiger partial charge in [0.05, 0.1) is 5.69 Å². The van der Waals surface area contributed by atoms with E-state index < -0.39 is 0 Å². The third kappa shape index (κ3) is 2.75. The minimum absolute atomic E-state index is 0.985. The number of nitrogens with zero attached hydrogens (tertiary/aromatic N) is 3. The van der Waals surface area contributed by atoms with Gasteiger partial charge in [0.1, 0.15) is 5.65 Å². The molecule has 2 aromatic heterocycles. The molecule has 0 atom stereocenters. The predicted molar refractivity (Wildman–Crippen MR) is 76.6 cm³/mol. The van der Waals surface area contributed by atoms with E-state index in [2.05, 4.69) is 48.7 Å². The summed E-state index contributed by atoms with van der Waals surface area (Å²) in [6, 6.07) is 4.09. The van der Waals surface area contributed by atoms with Crippen LogP contribution in [0.5, 0.6) is 0 Å². The predicted octanol–water partition coefficient (Wildman–Crippen LogP) is 3.47. The van der Waals surface area contributed by atoms with Crippen molar-refractivity contribution in [3.05, 3.63) is 34.7 Å². The van der Waals surface area contributed by atoms with E-state index >= 15 is 0 Å². The van der Waals surface area contributed by atoms with Gasteiger partial charge in [-0.15, -0.1) is 0 Å². The van der Waals surface area contributed by atoms with Gasteiger partial charge in [0.2, 0.25) is 0 Å². The Hall–Kier alpha value is -0.870. The van der Waals surface area contributed by atoms with Gasteiger partial charge in [0, 0.05) is 23.4 Å². The highest BCUT2D eigenvalue weighted by molar-refractivity contribution is 9.10. The van der Waals surface area contributed by atoms with Crippen molar-refractivity contribution >= 4 is 21.6 Å². The Kier molecular flexibility index (Phi) is 3.66. The molecule has 1 aliphatic heterocycles. The zero-order valence-electron chi connectivity index (χ0n) is 10.5. The molecule has 0 radical (unpaired) electrons. The van der Waals surface area contributed by atoms with Gasteiger partial charge in [-0.05, 0) is 54.0 Å². The van der Waals surface area contributed by atoms with Crippen molar-refractivity contribution in [1.29, 1.82) is 0 Å². The maximum Gasteiger partial charge on any atom is 0.137 e. The molecule has 0 unspecified atom stereocenters. The summed E-state index contributed by atoms with van der Waals surface area (Å²) in [5.74, 6) is 0. The van der Waals surface area contributed by atoms with Crippen LogP contribution in [-0.2, 0) is 6.54 Å². The molecule has 18 heavy (non-hydrogen) atoms. The minimum atomic E-state index is 0.985. The number of rotatable bonds is 2. The maximum absolute atomic E-state index is 4.68. The molecular formula is C14H18BrN3. The molecule has 96 valence electrons. The summed E-state index contributed by atoms with van der Waals surface area (Å²) in [7, 11) is 0. The summed E-state index contributed by atoms with van der Waals surface area (Å²) in [6.45, 7) is 3.43. The molecule has 2 aromatic rings. The van der Waals surface area contributed by atoms with Crippen molar-refractivity contribution in [2.75, 3.05) is 13.1 Å². The molecule has 3 rings (SSSR count). The third-order valence-electron chi connectivity index (χ3n) is 3.55. The van der Waals surface area contributed by atoms with Crippen LogP contribution < -0.4 is 0 Å². The summed E-state index contributed by atoms with van der Waals surface area (Å²) in [5.41, 5.74) is 2.21. The van der Waals surface area contributed by atoms with Gasteiger partial charge in [0.15, 0.2) is 0 Å². The second-order valence-electron chi connectivity index (χ2n) is 5.04. The lowest BCUT2D eigenvalue weighted by Crippen LogP contribution is -2.24. The number of hydrogen-bond donors (Lipinski definition) is 0. The summed E-state index contributed by atoms with van der Waals surface area (Å²) >= 11 is 3.49. The van der Waals surface area contributed by atoms with Crippen LogP contribution >= 0.6 is 15.9 Å². The van der Waals surface area contributed by atoms with Crippen molar-refractivity contribution in [3.63, 3.8) is 0 Å². The number of aromatic nitrogens is 2. The summed E-state index contributed by atoms with van der Waals surface area (Å²) in [5, 5.41) is 0. The van der Waals surface area contributed by atoms with E-state index in [1.54, 1.807) is 0 Å². The lowest BCUT2D eigenvalue weighted by Gasteiger charge is -2.17. The average molecular weight is 308 g/mol. The number of fused-ring (bicyclic) bond motifs is 1. The standard InChI is InChI=1S/C14H18BrN3/c15-12-5-6-14-16-13(11-18(14)9-12)10-17-7-3-1-2-4-8-17/h5-6,9,11H,1-4,7-8,10H2. The molecule has 0 N–H and O–H groups in total. The van der Waals surface area contributed by atoms with Gasteiger partial charge in [-0.3, -0.25) is 4.90 Å². The Morgan fingerprint density at radius 3 is 2.61 bits per heavy atom. The van der Waals surface area contributed by atoms with E-state index in [1.165, 1.54) is 44.5 Å². The minimum Gasteiger partial charge on any atom is -0.306 e. The van der Waals surface area contributed by atoms with Crippen molar-refractivity contribution in [2.24, 2.45) is 0 Å². The highest BCUT2D eigenvalue weighted by atomic mass is 79.9. The van der Waals surface area contributed by atoms with E-state index in [4.69, 9.17) is 0 Å². The highest BCUT2D eigenvalue weighted by Crippen LogP contribution is 2.15. The van der Waals surface area contributed by atoms with Gasteiger partial charge in [-0.1, -0.05) is 12.8 Å². The summed E-state index contributed by atoms with van der Waals surface area (Å²) in [6.07, 6.45) is 9.64. The fraction of sp³-hybridized carbons (Fsp3) is 0.500. The lowest BCUT2D eigenvalue weighted by atomic mass is 10.2. The molecule has 0 aromatic carbocycles. The van der Waals surface area contributed by atoms with E-state index in [-0.39, 0.29) is 0 Å². The highest BCUT2D eigenvalue weighted by Gasteiger charge is 2.11. The van der Waals surface area contributed by atoms with Gasteiger partial charge in [-0.25, -0.2) is 4.98 Å². The normalized spacial score (nSPS) is 18.1. The second-order valence-corrected chi connectivity index (χ2v) is 5.95. The van der Waals surface area contributed by atoms with Gasteiger partial charge in [-0.2, -0.15) is 0 Å². The van der Waals surface area contributed by atoms with Crippen LogP contribution in [0.15, 0.2) is 29.0 Å². The Bertz CT molecular complexity index is 527.